The van der Waals surface area contributed by atoms with Gasteiger partial charge < -0.3 is 0 Å². The summed E-state index contributed by atoms with van der Waals surface area (Å²) in [7, 11) is 0. The number of aryl methyl sites for hydroxylation is 1. The monoisotopic (exact) mass is 256 g/mol. The maximum Gasteiger partial charge on any atom is 0.140 e. The lowest BCUT2D eigenvalue weighted by Gasteiger charge is -2.08. The highest BCUT2D eigenvalue weighted by Gasteiger charge is 2.18. The normalized spacial score (nSPS) is 16.2. The number of rotatable bonds is 4. The van der Waals surface area contributed by atoms with Crippen molar-refractivity contribution in [3.63, 3.8) is 0 Å². The van der Waals surface area contributed by atoms with Crippen molar-refractivity contribution in [2.75, 3.05) is 0 Å². The molecule has 0 aliphatic heterocycles. The van der Waals surface area contributed by atoms with E-state index in [9.17, 15) is 0 Å². The summed E-state index contributed by atoms with van der Waals surface area (Å²) in [6.07, 6.45) is 4.47. The van der Waals surface area contributed by atoms with Gasteiger partial charge in [0.15, 0.2) is 0 Å². The molecule has 0 amide bonds. The number of halogens is 1. The van der Waals surface area contributed by atoms with Crippen LogP contribution in [0.15, 0.2) is 0 Å². The van der Waals surface area contributed by atoms with Gasteiger partial charge in [-0.3, -0.25) is 0 Å². The lowest BCUT2D eigenvalue weighted by atomic mass is 10.3. The van der Waals surface area contributed by atoms with E-state index in [4.69, 9.17) is 11.6 Å². The molecule has 1 aromatic heterocycles. The Kier molecular flexibility index (Phi) is 4.09. The third-order valence-electron chi connectivity index (χ3n) is 3.00. The number of thioether (sulfide) groups is 1. The Morgan fingerprint density at radius 1 is 1.38 bits per heavy atom. The standard InChI is InChI=1S/C12H17ClN2S/c1-3-8(2)16-7-11-14-10-6-4-5-9(10)12(13)15-11/h8H,3-7H2,1-2H3. The molecule has 0 radical (unpaired) electrons. The molecule has 1 aliphatic rings. The van der Waals surface area contributed by atoms with Crippen molar-refractivity contribution >= 4 is 23.4 Å². The minimum atomic E-state index is 0.663. The molecule has 0 saturated heterocycles. The predicted molar refractivity (Wildman–Crippen MR) is 70.1 cm³/mol. The third kappa shape index (κ3) is 2.69. The topological polar surface area (TPSA) is 25.8 Å². The average Bonchev–Trinajstić information content (AvgIpc) is 2.74. The second kappa shape index (κ2) is 5.37. The van der Waals surface area contributed by atoms with Gasteiger partial charge in [-0.1, -0.05) is 25.4 Å². The molecule has 4 heteroatoms. The Morgan fingerprint density at radius 3 is 2.94 bits per heavy atom. The number of fused-ring (bicyclic) bond motifs is 1. The van der Waals surface area contributed by atoms with Crippen LogP contribution < -0.4 is 0 Å². The molecule has 1 aromatic rings. The SMILES string of the molecule is CCC(C)SCc1nc(Cl)c2c(n1)CCC2. The van der Waals surface area contributed by atoms with Crippen LogP contribution in [0.3, 0.4) is 0 Å². The molecule has 88 valence electrons. The maximum atomic E-state index is 6.16. The summed E-state index contributed by atoms with van der Waals surface area (Å²) in [5, 5.41) is 1.35. The van der Waals surface area contributed by atoms with E-state index in [0.29, 0.717) is 10.4 Å². The Morgan fingerprint density at radius 2 is 2.19 bits per heavy atom. The van der Waals surface area contributed by atoms with Crippen molar-refractivity contribution in [1.82, 2.24) is 9.97 Å². The van der Waals surface area contributed by atoms with Crippen LogP contribution in [0.2, 0.25) is 5.15 Å². The second-order valence-electron chi connectivity index (χ2n) is 4.24. The van der Waals surface area contributed by atoms with Crippen molar-refractivity contribution in [3.8, 4) is 0 Å². The van der Waals surface area contributed by atoms with Crippen LogP contribution in [0.4, 0.5) is 0 Å². The first kappa shape index (κ1) is 12.2. The van der Waals surface area contributed by atoms with Gasteiger partial charge in [0.2, 0.25) is 0 Å². The zero-order valence-electron chi connectivity index (χ0n) is 9.79. The molecule has 2 rings (SSSR count). The largest absolute Gasteiger partial charge is 0.237 e. The van der Waals surface area contributed by atoms with Crippen LogP contribution in [0.1, 0.15) is 43.8 Å². The minimum Gasteiger partial charge on any atom is -0.237 e. The smallest absolute Gasteiger partial charge is 0.140 e. The van der Waals surface area contributed by atoms with Gasteiger partial charge >= 0.3 is 0 Å². The summed E-state index contributed by atoms with van der Waals surface area (Å²) in [5.74, 6) is 1.78. The molecule has 0 fully saturated rings. The van der Waals surface area contributed by atoms with Gasteiger partial charge in [0.1, 0.15) is 11.0 Å². The second-order valence-corrected chi connectivity index (χ2v) is 6.02. The van der Waals surface area contributed by atoms with Gasteiger partial charge in [0.25, 0.3) is 0 Å². The Bertz CT molecular complexity index is 382. The van der Waals surface area contributed by atoms with Crippen LogP contribution >= 0.6 is 23.4 Å². The molecule has 1 aliphatic carbocycles. The van der Waals surface area contributed by atoms with E-state index >= 15 is 0 Å². The molecule has 1 unspecified atom stereocenters. The molecular formula is C12H17ClN2S. The van der Waals surface area contributed by atoms with E-state index in [1.165, 1.54) is 24.1 Å². The summed E-state index contributed by atoms with van der Waals surface area (Å²) in [6.45, 7) is 4.44. The zero-order valence-corrected chi connectivity index (χ0v) is 11.4. The van der Waals surface area contributed by atoms with Crippen LogP contribution in [0.25, 0.3) is 0 Å². The lowest BCUT2D eigenvalue weighted by Crippen LogP contribution is -2.02. The number of aromatic nitrogens is 2. The molecule has 1 atom stereocenters. The first-order valence-electron chi connectivity index (χ1n) is 5.86. The third-order valence-corrected chi connectivity index (χ3v) is 4.64. The molecule has 2 nitrogen and oxygen atoms in total. The molecule has 16 heavy (non-hydrogen) atoms. The molecule has 0 saturated carbocycles. The van der Waals surface area contributed by atoms with E-state index in [1.807, 2.05) is 11.8 Å². The van der Waals surface area contributed by atoms with E-state index in [0.717, 1.165) is 24.4 Å². The Labute approximate surface area is 106 Å². The number of hydrogen-bond acceptors (Lipinski definition) is 3. The molecule has 0 spiro atoms. The van der Waals surface area contributed by atoms with Crippen molar-refractivity contribution in [2.24, 2.45) is 0 Å². The summed E-state index contributed by atoms with van der Waals surface area (Å²) < 4.78 is 0. The maximum absolute atomic E-state index is 6.16. The molecule has 0 bridgehead atoms. The highest BCUT2D eigenvalue weighted by molar-refractivity contribution is 7.99. The van der Waals surface area contributed by atoms with E-state index in [1.54, 1.807) is 0 Å². The van der Waals surface area contributed by atoms with Crippen molar-refractivity contribution in [3.05, 3.63) is 22.2 Å². The van der Waals surface area contributed by atoms with Gasteiger partial charge in [0.05, 0.1) is 5.75 Å². The summed E-state index contributed by atoms with van der Waals surface area (Å²) in [4.78, 5) is 8.99. The first-order chi connectivity index (χ1) is 7.70. The molecule has 1 heterocycles. The minimum absolute atomic E-state index is 0.663. The van der Waals surface area contributed by atoms with E-state index in [-0.39, 0.29) is 0 Å². The van der Waals surface area contributed by atoms with E-state index < -0.39 is 0 Å². The van der Waals surface area contributed by atoms with Crippen molar-refractivity contribution in [1.29, 1.82) is 0 Å². The average molecular weight is 257 g/mol. The Balaban J connectivity index is 2.08. The van der Waals surface area contributed by atoms with Gasteiger partial charge in [-0.15, -0.1) is 0 Å². The van der Waals surface area contributed by atoms with Gasteiger partial charge in [-0.05, 0) is 25.7 Å². The summed E-state index contributed by atoms with van der Waals surface area (Å²) in [5.41, 5.74) is 2.36. The van der Waals surface area contributed by atoms with Gasteiger partial charge in [0, 0.05) is 16.5 Å². The quantitative estimate of drug-likeness (QED) is 0.769. The van der Waals surface area contributed by atoms with Crippen molar-refractivity contribution < 1.29 is 0 Å². The predicted octanol–water partition coefficient (Wildman–Crippen LogP) is 3.65. The van der Waals surface area contributed by atoms with Crippen LogP contribution in [-0.4, -0.2) is 15.2 Å². The fourth-order valence-corrected chi connectivity index (χ4v) is 2.93. The number of nitrogens with zero attached hydrogens (tertiary/aromatic N) is 2. The fraction of sp³-hybridized carbons (Fsp3) is 0.667. The summed E-state index contributed by atoms with van der Waals surface area (Å²) >= 11 is 8.06. The molecule has 0 aromatic carbocycles. The van der Waals surface area contributed by atoms with E-state index in [2.05, 4.69) is 23.8 Å². The zero-order chi connectivity index (χ0) is 11.5. The lowest BCUT2D eigenvalue weighted by molar-refractivity contribution is 0.887. The highest BCUT2D eigenvalue weighted by atomic mass is 35.5. The van der Waals surface area contributed by atoms with Crippen LogP contribution in [-0.2, 0) is 18.6 Å². The fourth-order valence-electron chi connectivity index (χ4n) is 1.83. The molecular weight excluding hydrogens is 240 g/mol. The van der Waals surface area contributed by atoms with Gasteiger partial charge in [-0.2, -0.15) is 11.8 Å². The Hall–Kier alpha value is -0.280. The van der Waals surface area contributed by atoms with Crippen molar-refractivity contribution in [2.45, 2.75) is 50.5 Å². The molecule has 0 N–H and O–H groups in total. The highest BCUT2D eigenvalue weighted by Crippen LogP contribution is 2.27. The van der Waals surface area contributed by atoms with Crippen LogP contribution in [0.5, 0.6) is 0 Å². The first-order valence-corrected chi connectivity index (χ1v) is 7.29. The summed E-state index contributed by atoms with van der Waals surface area (Å²) in [6, 6.07) is 0. The van der Waals surface area contributed by atoms with Crippen LogP contribution in [0, 0.1) is 0 Å². The number of hydrogen-bond donors (Lipinski definition) is 0. The van der Waals surface area contributed by atoms with Gasteiger partial charge in [-0.25, -0.2) is 9.97 Å².